The van der Waals surface area contributed by atoms with Crippen molar-refractivity contribution in [1.29, 1.82) is 0 Å². The number of aryl methyl sites for hydroxylation is 1. The Bertz CT molecular complexity index is 522. The zero-order valence-corrected chi connectivity index (χ0v) is 9.99. The zero-order chi connectivity index (χ0) is 13.1. The molecule has 0 saturated heterocycles. The lowest BCUT2D eigenvalue weighted by Crippen LogP contribution is -2.23. The van der Waals surface area contributed by atoms with Gasteiger partial charge in [0.1, 0.15) is 0 Å². The highest BCUT2D eigenvalue weighted by Crippen LogP contribution is 2.17. The number of esters is 1. The Labute approximate surface area is 104 Å². The molecule has 0 atom stereocenters. The first-order valence-electron chi connectivity index (χ1n) is 5.67. The summed E-state index contributed by atoms with van der Waals surface area (Å²) in [5.41, 5.74) is 1.53. The van der Waals surface area contributed by atoms with Crippen LogP contribution < -0.4 is 5.32 Å². The summed E-state index contributed by atoms with van der Waals surface area (Å²) in [6, 6.07) is 4.72. The van der Waals surface area contributed by atoms with Gasteiger partial charge in [-0.15, -0.1) is 0 Å². The SMILES string of the molecule is COC(=O)C(=O)c1ccc2c(c1)C(=O)NCCC2. The number of benzene rings is 1. The summed E-state index contributed by atoms with van der Waals surface area (Å²) in [6.07, 6.45) is 1.64. The van der Waals surface area contributed by atoms with Crippen molar-refractivity contribution < 1.29 is 19.1 Å². The summed E-state index contributed by atoms with van der Waals surface area (Å²) in [6.45, 7) is 0.619. The van der Waals surface area contributed by atoms with Gasteiger partial charge in [-0.2, -0.15) is 0 Å². The van der Waals surface area contributed by atoms with Crippen molar-refractivity contribution in [3.8, 4) is 0 Å². The lowest BCUT2D eigenvalue weighted by Gasteiger charge is -2.06. The first-order chi connectivity index (χ1) is 8.63. The van der Waals surface area contributed by atoms with Crippen LogP contribution in [0.3, 0.4) is 0 Å². The van der Waals surface area contributed by atoms with Gasteiger partial charge in [0.2, 0.25) is 0 Å². The van der Waals surface area contributed by atoms with Crippen LogP contribution in [0.4, 0.5) is 0 Å². The van der Waals surface area contributed by atoms with Crippen LogP contribution in [-0.4, -0.2) is 31.3 Å². The quantitative estimate of drug-likeness (QED) is 0.475. The van der Waals surface area contributed by atoms with E-state index in [9.17, 15) is 14.4 Å². The molecule has 5 nitrogen and oxygen atoms in total. The number of ketones is 1. The van der Waals surface area contributed by atoms with Gasteiger partial charge >= 0.3 is 5.97 Å². The van der Waals surface area contributed by atoms with Crippen molar-refractivity contribution >= 4 is 17.7 Å². The summed E-state index contributed by atoms with van der Waals surface area (Å²) < 4.78 is 4.37. The second-order valence-corrected chi connectivity index (χ2v) is 4.05. The summed E-state index contributed by atoms with van der Waals surface area (Å²) in [5, 5.41) is 2.74. The molecule has 0 aromatic heterocycles. The third-order valence-corrected chi connectivity index (χ3v) is 2.90. The molecule has 1 heterocycles. The van der Waals surface area contributed by atoms with Crippen molar-refractivity contribution in [1.82, 2.24) is 5.32 Å². The highest BCUT2D eigenvalue weighted by atomic mass is 16.5. The van der Waals surface area contributed by atoms with Gasteiger partial charge in [-0.05, 0) is 24.5 Å². The Kier molecular flexibility index (Phi) is 3.41. The van der Waals surface area contributed by atoms with Crippen LogP contribution in [0.1, 0.15) is 32.7 Å². The molecule has 1 N–H and O–H groups in total. The van der Waals surface area contributed by atoms with E-state index in [4.69, 9.17) is 0 Å². The molecule has 0 saturated carbocycles. The van der Waals surface area contributed by atoms with Crippen LogP contribution in [-0.2, 0) is 16.0 Å². The van der Waals surface area contributed by atoms with Crippen LogP contribution in [0.25, 0.3) is 0 Å². The molecule has 94 valence electrons. The minimum Gasteiger partial charge on any atom is -0.463 e. The Hall–Kier alpha value is -2.17. The fraction of sp³-hybridized carbons (Fsp3) is 0.308. The number of Topliss-reactive ketones (excluding diaryl/α,β-unsaturated/α-hetero) is 1. The topological polar surface area (TPSA) is 72.5 Å². The average molecular weight is 247 g/mol. The lowest BCUT2D eigenvalue weighted by atomic mass is 9.99. The minimum atomic E-state index is -0.927. The predicted octanol–water partition coefficient (Wildman–Crippen LogP) is 0.718. The van der Waals surface area contributed by atoms with Gasteiger partial charge < -0.3 is 10.1 Å². The number of ether oxygens (including phenoxy) is 1. The van der Waals surface area contributed by atoms with Gasteiger partial charge in [0.15, 0.2) is 0 Å². The van der Waals surface area contributed by atoms with Crippen molar-refractivity contribution in [2.75, 3.05) is 13.7 Å². The normalized spacial score (nSPS) is 14.2. The highest BCUT2D eigenvalue weighted by Gasteiger charge is 2.21. The number of carbonyl (C=O) groups excluding carboxylic acids is 3. The van der Waals surface area contributed by atoms with Crippen molar-refractivity contribution in [3.63, 3.8) is 0 Å². The van der Waals surface area contributed by atoms with Gasteiger partial charge in [-0.3, -0.25) is 9.59 Å². The first kappa shape index (κ1) is 12.3. The third kappa shape index (κ3) is 2.25. The van der Waals surface area contributed by atoms with Gasteiger partial charge in [0.05, 0.1) is 7.11 Å². The molecule has 0 radical (unpaired) electrons. The molecule has 2 rings (SSSR count). The molecule has 0 unspecified atom stereocenters. The van der Waals surface area contributed by atoms with E-state index >= 15 is 0 Å². The number of nitrogens with one attached hydrogen (secondary N) is 1. The van der Waals surface area contributed by atoms with E-state index in [1.165, 1.54) is 6.07 Å². The number of hydrogen-bond acceptors (Lipinski definition) is 4. The molecule has 5 heteroatoms. The summed E-state index contributed by atoms with van der Waals surface area (Å²) in [4.78, 5) is 34.6. The lowest BCUT2D eigenvalue weighted by molar-refractivity contribution is -0.135. The molecule has 1 aliphatic heterocycles. The van der Waals surface area contributed by atoms with Crippen LogP contribution in [0.15, 0.2) is 18.2 Å². The van der Waals surface area contributed by atoms with Crippen LogP contribution in [0, 0.1) is 0 Å². The number of carbonyl (C=O) groups is 3. The van der Waals surface area contributed by atoms with Gasteiger partial charge in [-0.25, -0.2) is 4.79 Å². The third-order valence-electron chi connectivity index (χ3n) is 2.90. The molecule has 0 aliphatic carbocycles. The maximum Gasteiger partial charge on any atom is 0.379 e. The minimum absolute atomic E-state index is 0.178. The van der Waals surface area contributed by atoms with E-state index in [1.54, 1.807) is 12.1 Å². The average Bonchev–Trinajstić information content (AvgIpc) is 2.59. The molecule has 1 aromatic carbocycles. The largest absolute Gasteiger partial charge is 0.463 e. The molecule has 18 heavy (non-hydrogen) atoms. The highest BCUT2D eigenvalue weighted by molar-refractivity contribution is 6.40. The molecule has 1 aliphatic rings. The summed E-state index contributed by atoms with van der Waals surface area (Å²) in [5.74, 6) is -1.87. The summed E-state index contributed by atoms with van der Waals surface area (Å²) in [7, 11) is 1.15. The number of amides is 1. The standard InChI is InChI=1S/C13H13NO4/c1-18-13(17)11(15)9-5-4-8-3-2-6-14-12(16)10(8)7-9/h4-5,7H,2-3,6H2,1H3,(H,14,16). The number of hydrogen-bond donors (Lipinski definition) is 1. The van der Waals surface area contributed by atoms with Crippen LogP contribution in [0.5, 0.6) is 0 Å². The molecular weight excluding hydrogens is 234 g/mol. The Morgan fingerprint density at radius 2 is 2.11 bits per heavy atom. The van der Waals surface area contributed by atoms with Gasteiger partial charge in [0, 0.05) is 17.7 Å². The van der Waals surface area contributed by atoms with Gasteiger partial charge in [0.25, 0.3) is 11.7 Å². The predicted molar refractivity (Wildman–Crippen MR) is 63.4 cm³/mol. The molecule has 1 amide bonds. The molecule has 1 aromatic rings. The number of methoxy groups -OCH3 is 1. The van der Waals surface area contributed by atoms with E-state index in [1.807, 2.05) is 0 Å². The summed E-state index contributed by atoms with van der Waals surface area (Å²) >= 11 is 0. The van der Waals surface area contributed by atoms with Gasteiger partial charge in [-0.1, -0.05) is 12.1 Å². The maximum absolute atomic E-state index is 11.8. The van der Waals surface area contributed by atoms with E-state index < -0.39 is 11.8 Å². The molecule has 0 spiro atoms. The van der Waals surface area contributed by atoms with Crippen LogP contribution >= 0.6 is 0 Å². The number of fused-ring (bicyclic) bond motifs is 1. The first-order valence-corrected chi connectivity index (χ1v) is 5.67. The Morgan fingerprint density at radius 1 is 1.33 bits per heavy atom. The zero-order valence-electron chi connectivity index (χ0n) is 9.99. The van der Waals surface area contributed by atoms with E-state index in [2.05, 4.69) is 10.1 Å². The van der Waals surface area contributed by atoms with Crippen molar-refractivity contribution in [2.45, 2.75) is 12.8 Å². The number of rotatable bonds is 2. The van der Waals surface area contributed by atoms with Crippen molar-refractivity contribution in [2.24, 2.45) is 0 Å². The van der Waals surface area contributed by atoms with E-state index in [-0.39, 0.29) is 11.5 Å². The maximum atomic E-state index is 11.8. The van der Waals surface area contributed by atoms with Crippen LogP contribution in [0.2, 0.25) is 0 Å². The van der Waals surface area contributed by atoms with E-state index in [0.717, 1.165) is 25.5 Å². The molecule has 0 bridgehead atoms. The second-order valence-electron chi connectivity index (χ2n) is 4.05. The monoisotopic (exact) mass is 247 g/mol. The van der Waals surface area contributed by atoms with Crippen molar-refractivity contribution in [3.05, 3.63) is 34.9 Å². The Morgan fingerprint density at radius 3 is 2.83 bits per heavy atom. The molecular formula is C13H13NO4. The fourth-order valence-electron chi connectivity index (χ4n) is 1.93. The Balaban J connectivity index is 2.39. The smallest absolute Gasteiger partial charge is 0.379 e. The fourth-order valence-corrected chi connectivity index (χ4v) is 1.93. The second kappa shape index (κ2) is 5.00. The van der Waals surface area contributed by atoms with E-state index in [0.29, 0.717) is 12.1 Å². The molecule has 0 fully saturated rings.